The maximum atomic E-state index is 5.97. The van der Waals surface area contributed by atoms with Gasteiger partial charge in [0.25, 0.3) is 6.01 Å². The molecule has 4 rings (SSSR count). The van der Waals surface area contributed by atoms with Crippen LogP contribution in [0.15, 0.2) is 22.6 Å². The van der Waals surface area contributed by atoms with Crippen molar-refractivity contribution in [2.75, 3.05) is 42.6 Å². The first-order valence-corrected chi connectivity index (χ1v) is 8.46. The van der Waals surface area contributed by atoms with Crippen molar-refractivity contribution in [3.63, 3.8) is 0 Å². The average molecular weight is 310 g/mol. The summed E-state index contributed by atoms with van der Waals surface area (Å²) in [6, 6.07) is 6.97. The van der Waals surface area contributed by atoms with Crippen LogP contribution < -0.4 is 4.90 Å². The molecule has 0 N–H and O–H groups in total. The maximum absolute atomic E-state index is 5.97. The first-order chi connectivity index (χ1) is 9.79. The van der Waals surface area contributed by atoms with Crippen LogP contribution in [-0.2, 0) is 0 Å². The van der Waals surface area contributed by atoms with Gasteiger partial charge in [-0.25, -0.2) is 0 Å². The van der Waals surface area contributed by atoms with Crippen molar-refractivity contribution in [3.05, 3.63) is 23.2 Å². The first kappa shape index (κ1) is 12.8. The van der Waals surface area contributed by atoms with Gasteiger partial charge in [-0.15, -0.1) is 0 Å². The van der Waals surface area contributed by atoms with Crippen LogP contribution in [0.5, 0.6) is 0 Å². The first-order valence-electron chi connectivity index (χ1n) is 6.92. The van der Waals surface area contributed by atoms with E-state index in [2.05, 4.69) is 26.5 Å². The summed E-state index contributed by atoms with van der Waals surface area (Å²) in [5.74, 6) is 2.52. The highest BCUT2D eigenvalue weighted by molar-refractivity contribution is 7.99. The SMILES string of the molecule is Clc1ccc2nc(N3CC(N4CCSCC4)C3)oc2c1. The summed E-state index contributed by atoms with van der Waals surface area (Å²) in [7, 11) is 0. The number of thioether (sulfide) groups is 1. The molecule has 0 bridgehead atoms. The highest BCUT2D eigenvalue weighted by Crippen LogP contribution is 2.29. The Morgan fingerprint density at radius 1 is 1.25 bits per heavy atom. The molecule has 4 nitrogen and oxygen atoms in total. The van der Waals surface area contributed by atoms with Gasteiger partial charge in [0.05, 0.1) is 0 Å². The van der Waals surface area contributed by atoms with Crippen LogP contribution in [0.4, 0.5) is 6.01 Å². The molecule has 1 aromatic heterocycles. The molecule has 0 aliphatic carbocycles. The molecule has 2 fully saturated rings. The number of halogens is 1. The topological polar surface area (TPSA) is 32.5 Å². The zero-order valence-electron chi connectivity index (χ0n) is 11.1. The molecule has 0 amide bonds. The lowest BCUT2D eigenvalue weighted by atomic mass is 10.1. The van der Waals surface area contributed by atoms with Crippen molar-refractivity contribution >= 4 is 40.5 Å². The van der Waals surface area contributed by atoms with E-state index in [9.17, 15) is 0 Å². The van der Waals surface area contributed by atoms with Crippen LogP contribution in [0.1, 0.15) is 0 Å². The summed E-state index contributed by atoms with van der Waals surface area (Å²) in [6.45, 7) is 4.47. The summed E-state index contributed by atoms with van der Waals surface area (Å²) in [5, 5.41) is 0.688. The molecule has 3 heterocycles. The summed E-state index contributed by atoms with van der Waals surface area (Å²) < 4.78 is 5.80. The molecule has 106 valence electrons. The molecule has 0 spiro atoms. The molecule has 6 heteroatoms. The normalized spacial score (nSPS) is 21.4. The van der Waals surface area contributed by atoms with Crippen LogP contribution in [0.25, 0.3) is 11.1 Å². The van der Waals surface area contributed by atoms with E-state index in [-0.39, 0.29) is 0 Å². The minimum absolute atomic E-state index is 0.662. The Morgan fingerprint density at radius 3 is 2.85 bits per heavy atom. The maximum Gasteiger partial charge on any atom is 0.298 e. The Kier molecular flexibility index (Phi) is 3.28. The van der Waals surface area contributed by atoms with Gasteiger partial charge in [-0.1, -0.05) is 11.6 Å². The fourth-order valence-corrected chi connectivity index (χ4v) is 3.90. The lowest BCUT2D eigenvalue weighted by Gasteiger charge is -2.45. The lowest BCUT2D eigenvalue weighted by Crippen LogP contribution is -2.61. The van der Waals surface area contributed by atoms with Crippen LogP contribution in [0.2, 0.25) is 5.02 Å². The predicted octanol–water partition coefficient (Wildman–Crippen LogP) is 2.72. The van der Waals surface area contributed by atoms with E-state index >= 15 is 0 Å². The summed E-state index contributed by atoms with van der Waals surface area (Å²) in [5.41, 5.74) is 1.65. The molecule has 20 heavy (non-hydrogen) atoms. The third-order valence-electron chi connectivity index (χ3n) is 4.03. The van der Waals surface area contributed by atoms with E-state index in [0.717, 1.165) is 30.2 Å². The standard InChI is InChI=1S/C14H16ClN3OS/c15-10-1-2-12-13(7-10)19-14(16-12)18-8-11(9-18)17-3-5-20-6-4-17/h1-2,7,11H,3-6,8-9H2. The zero-order valence-corrected chi connectivity index (χ0v) is 12.7. The van der Waals surface area contributed by atoms with Crippen LogP contribution in [0.3, 0.4) is 0 Å². The van der Waals surface area contributed by atoms with Crippen LogP contribution >= 0.6 is 23.4 Å². The molecule has 1 aromatic carbocycles. The van der Waals surface area contributed by atoms with Gasteiger partial charge in [0.1, 0.15) is 5.52 Å². The molecule has 2 saturated heterocycles. The molecule has 0 unspecified atom stereocenters. The van der Waals surface area contributed by atoms with Gasteiger partial charge < -0.3 is 9.32 Å². The number of anilines is 1. The minimum Gasteiger partial charge on any atom is -0.423 e. The molecule has 0 atom stereocenters. The minimum atomic E-state index is 0.662. The van der Waals surface area contributed by atoms with E-state index in [0.29, 0.717) is 11.1 Å². The number of nitrogens with zero attached hydrogens (tertiary/aromatic N) is 3. The second-order valence-electron chi connectivity index (χ2n) is 5.32. The molecule has 0 radical (unpaired) electrons. The summed E-state index contributed by atoms with van der Waals surface area (Å²) >= 11 is 8.02. The Balaban J connectivity index is 1.46. The predicted molar refractivity (Wildman–Crippen MR) is 83.9 cm³/mol. The fourth-order valence-electron chi connectivity index (χ4n) is 2.81. The van der Waals surface area contributed by atoms with E-state index < -0.39 is 0 Å². The van der Waals surface area contributed by atoms with Gasteiger partial charge in [0.2, 0.25) is 0 Å². The van der Waals surface area contributed by atoms with Gasteiger partial charge in [0, 0.05) is 54.8 Å². The number of hydrogen-bond donors (Lipinski definition) is 0. The summed E-state index contributed by atoms with van der Waals surface area (Å²) in [6.07, 6.45) is 0. The number of fused-ring (bicyclic) bond motifs is 1. The largest absolute Gasteiger partial charge is 0.423 e. The Morgan fingerprint density at radius 2 is 2.05 bits per heavy atom. The van der Waals surface area contributed by atoms with E-state index in [1.807, 2.05) is 18.2 Å². The van der Waals surface area contributed by atoms with Gasteiger partial charge in [-0.3, -0.25) is 4.90 Å². The quantitative estimate of drug-likeness (QED) is 0.852. The van der Waals surface area contributed by atoms with Crippen molar-refractivity contribution in [3.8, 4) is 0 Å². The molecular weight excluding hydrogens is 294 g/mol. The molecular formula is C14H16ClN3OS. The van der Waals surface area contributed by atoms with Gasteiger partial charge in [0.15, 0.2) is 5.58 Å². The van der Waals surface area contributed by atoms with E-state index in [1.54, 1.807) is 0 Å². The number of hydrogen-bond acceptors (Lipinski definition) is 5. The Bertz CT molecular complexity index is 620. The Labute approximate surface area is 127 Å². The number of oxazole rings is 1. The van der Waals surface area contributed by atoms with Gasteiger partial charge in [-0.2, -0.15) is 16.7 Å². The molecule has 2 aliphatic heterocycles. The monoisotopic (exact) mass is 309 g/mol. The fraction of sp³-hybridized carbons (Fsp3) is 0.500. The van der Waals surface area contributed by atoms with Crippen molar-refractivity contribution in [1.29, 1.82) is 0 Å². The Hall–Kier alpha value is -0.910. The molecule has 0 saturated carbocycles. The number of aromatic nitrogens is 1. The van der Waals surface area contributed by atoms with Gasteiger partial charge >= 0.3 is 0 Å². The highest BCUT2D eigenvalue weighted by Gasteiger charge is 2.34. The van der Waals surface area contributed by atoms with Crippen molar-refractivity contribution in [1.82, 2.24) is 9.88 Å². The number of benzene rings is 1. The van der Waals surface area contributed by atoms with E-state index in [1.165, 1.54) is 24.6 Å². The van der Waals surface area contributed by atoms with Crippen LogP contribution in [0, 0.1) is 0 Å². The number of rotatable bonds is 2. The van der Waals surface area contributed by atoms with E-state index in [4.69, 9.17) is 16.0 Å². The summed E-state index contributed by atoms with van der Waals surface area (Å²) in [4.78, 5) is 9.33. The van der Waals surface area contributed by atoms with Crippen molar-refractivity contribution in [2.24, 2.45) is 0 Å². The molecule has 2 aliphatic rings. The van der Waals surface area contributed by atoms with Crippen molar-refractivity contribution < 1.29 is 4.42 Å². The zero-order chi connectivity index (χ0) is 13.5. The second kappa shape index (κ2) is 5.13. The smallest absolute Gasteiger partial charge is 0.298 e. The van der Waals surface area contributed by atoms with Crippen molar-refractivity contribution in [2.45, 2.75) is 6.04 Å². The second-order valence-corrected chi connectivity index (χ2v) is 6.98. The third-order valence-corrected chi connectivity index (χ3v) is 5.21. The third kappa shape index (κ3) is 2.28. The molecule has 2 aromatic rings. The highest BCUT2D eigenvalue weighted by atomic mass is 35.5. The van der Waals surface area contributed by atoms with Gasteiger partial charge in [-0.05, 0) is 12.1 Å². The van der Waals surface area contributed by atoms with Crippen LogP contribution in [-0.4, -0.2) is 53.6 Å². The lowest BCUT2D eigenvalue weighted by molar-refractivity contribution is 0.178. The average Bonchev–Trinajstić information content (AvgIpc) is 2.80.